The molecule has 3 N–H and O–H groups in total. The van der Waals surface area contributed by atoms with Crippen molar-refractivity contribution in [1.82, 2.24) is 5.32 Å². The summed E-state index contributed by atoms with van der Waals surface area (Å²) in [5.74, 6) is -1.14. The minimum absolute atomic E-state index is 0.0761. The lowest BCUT2D eigenvalue weighted by Gasteiger charge is -2.27. The molecular weight excluding hydrogens is 332 g/mol. The first kappa shape index (κ1) is 18.3. The molecule has 1 aliphatic rings. The zero-order chi connectivity index (χ0) is 17.9. The summed E-state index contributed by atoms with van der Waals surface area (Å²) in [5, 5.41) is 14.3. The van der Waals surface area contributed by atoms with Crippen LogP contribution in [0, 0.1) is 12.8 Å². The topological polar surface area (TPSA) is 113 Å². The lowest BCUT2D eigenvalue weighted by Crippen LogP contribution is -2.41. The molecule has 0 spiro atoms. The highest BCUT2D eigenvalue weighted by molar-refractivity contribution is 7.90. The summed E-state index contributed by atoms with van der Waals surface area (Å²) >= 11 is 0. The van der Waals surface area contributed by atoms with Crippen LogP contribution in [0.25, 0.3) is 0 Å². The number of carboxylic acid groups (broad SMARTS) is 1. The Morgan fingerprint density at radius 2 is 1.79 bits per heavy atom. The maximum Gasteiger partial charge on any atom is 0.319 e. The van der Waals surface area contributed by atoms with E-state index in [4.69, 9.17) is 5.11 Å². The van der Waals surface area contributed by atoms with Crippen LogP contribution in [0.3, 0.4) is 0 Å². The van der Waals surface area contributed by atoms with E-state index in [1.54, 1.807) is 19.1 Å². The Labute approximate surface area is 141 Å². The molecule has 0 aromatic heterocycles. The first-order valence-corrected chi connectivity index (χ1v) is 9.67. The average molecular weight is 354 g/mol. The molecule has 24 heavy (non-hydrogen) atoms. The van der Waals surface area contributed by atoms with Crippen molar-refractivity contribution in [3.05, 3.63) is 23.8 Å². The van der Waals surface area contributed by atoms with Crippen molar-refractivity contribution in [2.45, 2.75) is 43.5 Å². The monoisotopic (exact) mass is 354 g/mol. The van der Waals surface area contributed by atoms with E-state index in [0.717, 1.165) is 11.8 Å². The Morgan fingerprint density at radius 3 is 2.33 bits per heavy atom. The molecular formula is C16H22N2O5S. The second-order valence-corrected chi connectivity index (χ2v) is 8.24. The second-order valence-electron chi connectivity index (χ2n) is 6.26. The number of aryl methyl sites for hydroxylation is 1. The van der Waals surface area contributed by atoms with E-state index in [9.17, 15) is 18.0 Å². The number of carboxylic acids is 1. The average Bonchev–Trinajstić information content (AvgIpc) is 2.48. The van der Waals surface area contributed by atoms with Crippen molar-refractivity contribution in [3.63, 3.8) is 0 Å². The maximum atomic E-state index is 12.1. The van der Waals surface area contributed by atoms with Crippen molar-refractivity contribution >= 4 is 27.5 Å². The van der Waals surface area contributed by atoms with E-state index < -0.39 is 21.8 Å². The number of aliphatic carboxylic acids is 1. The van der Waals surface area contributed by atoms with Gasteiger partial charge in [-0.05, 0) is 50.3 Å². The summed E-state index contributed by atoms with van der Waals surface area (Å²) in [6.45, 7) is 1.78. The second kappa shape index (κ2) is 7.21. The zero-order valence-corrected chi connectivity index (χ0v) is 14.5. The minimum atomic E-state index is -3.46. The normalized spacial score (nSPS) is 21.1. The zero-order valence-electron chi connectivity index (χ0n) is 13.7. The Bertz CT molecular complexity index is 737. The largest absolute Gasteiger partial charge is 0.481 e. The number of carbonyl (C=O) groups excluding carboxylic acids is 1. The van der Waals surface area contributed by atoms with Gasteiger partial charge in [0.15, 0.2) is 9.84 Å². The Balaban J connectivity index is 2.00. The molecule has 1 aromatic rings. The number of hydrogen-bond donors (Lipinski definition) is 3. The van der Waals surface area contributed by atoms with Crippen LogP contribution < -0.4 is 10.6 Å². The fraction of sp³-hybridized carbons (Fsp3) is 0.500. The number of urea groups is 1. The van der Waals surface area contributed by atoms with Crippen LogP contribution in [-0.2, 0) is 14.6 Å². The predicted octanol–water partition coefficient (Wildman–Crippen LogP) is 2.16. The van der Waals surface area contributed by atoms with E-state index in [-0.39, 0.29) is 22.5 Å². The van der Waals surface area contributed by atoms with Gasteiger partial charge in [0.2, 0.25) is 0 Å². The third-order valence-electron chi connectivity index (χ3n) is 4.20. The summed E-state index contributed by atoms with van der Waals surface area (Å²) in [4.78, 5) is 23.1. The minimum Gasteiger partial charge on any atom is -0.481 e. The van der Waals surface area contributed by atoms with Crippen molar-refractivity contribution in [3.8, 4) is 0 Å². The van der Waals surface area contributed by atoms with Crippen molar-refractivity contribution in [2.24, 2.45) is 5.92 Å². The first-order chi connectivity index (χ1) is 11.2. The number of rotatable bonds is 4. The molecule has 0 unspecified atom stereocenters. The molecule has 0 atom stereocenters. The Hall–Kier alpha value is -2.09. The lowest BCUT2D eigenvalue weighted by molar-refractivity contribution is -0.142. The third kappa shape index (κ3) is 4.70. The van der Waals surface area contributed by atoms with Crippen LogP contribution in [0.15, 0.2) is 23.1 Å². The summed E-state index contributed by atoms with van der Waals surface area (Å²) in [7, 11) is -3.46. The quantitative estimate of drug-likeness (QED) is 0.767. The van der Waals surface area contributed by atoms with Crippen molar-refractivity contribution in [2.75, 3.05) is 11.6 Å². The van der Waals surface area contributed by atoms with Gasteiger partial charge in [-0.25, -0.2) is 13.2 Å². The number of sulfone groups is 1. The highest BCUT2D eigenvalue weighted by Gasteiger charge is 2.27. The van der Waals surface area contributed by atoms with Crippen molar-refractivity contribution in [1.29, 1.82) is 0 Å². The van der Waals surface area contributed by atoms with E-state index in [2.05, 4.69) is 10.6 Å². The molecule has 2 rings (SSSR count). The lowest BCUT2D eigenvalue weighted by atomic mass is 9.86. The van der Waals surface area contributed by atoms with Gasteiger partial charge in [0.25, 0.3) is 0 Å². The van der Waals surface area contributed by atoms with Gasteiger partial charge in [0, 0.05) is 12.3 Å². The van der Waals surface area contributed by atoms with Crippen LogP contribution in [-0.4, -0.2) is 37.8 Å². The van der Waals surface area contributed by atoms with E-state index >= 15 is 0 Å². The third-order valence-corrected chi connectivity index (χ3v) is 5.33. The molecule has 0 radical (unpaired) electrons. The molecule has 132 valence electrons. The number of anilines is 1. The number of amides is 2. The standard InChI is InChI=1S/C16H22N2O5S/c1-10-3-8-13(14(9-10)24(2,22)23)18-16(21)17-12-6-4-11(5-7-12)15(19)20/h3,8-9,11-12H,4-7H2,1-2H3,(H,19,20)(H2,17,18,21). The molecule has 2 amide bonds. The van der Waals surface area contributed by atoms with Gasteiger partial charge in [0.05, 0.1) is 16.5 Å². The van der Waals surface area contributed by atoms with Gasteiger partial charge in [0.1, 0.15) is 0 Å². The van der Waals surface area contributed by atoms with Crippen LogP contribution in [0.1, 0.15) is 31.2 Å². The number of hydrogen-bond acceptors (Lipinski definition) is 4. The Kier molecular flexibility index (Phi) is 5.48. The SMILES string of the molecule is Cc1ccc(NC(=O)NC2CCC(C(=O)O)CC2)c(S(C)(=O)=O)c1. The highest BCUT2D eigenvalue weighted by Crippen LogP contribution is 2.25. The van der Waals surface area contributed by atoms with Gasteiger partial charge >= 0.3 is 12.0 Å². The molecule has 0 bridgehead atoms. The molecule has 1 aliphatic carbocycles. The number of carbonyl (C=O) groups is 2. The fourth-order valence-electron chi connectivity index (χ4n) is 2.87. The van der Waals surface area contributed by atoms with Gasteiger partial charge in [-0.1, -0.05) is 6.07 Å². The highest BCUT2D eigenvalue weighted by atomic mass is 32.2. The molecule has 1 fully saturated rings. The van der Waals surface area contributed by atoms with Gasteiger partial charge in [-0.2, -0.15) is 0 Å². The summed E-state index contributed by atoms with van der Waals surface area (Å²) in [6, 6.07) is 4.22. The van der Waals surface area contributed by atoms with E-state index in [1.807, 2.05) is 0 Å². The van der Waals surface area contributed by atoms with E-state index in [0.29, 0.717) is 25.7 Å². The van der Waals surface area contributed by atoms with Crippen LogP contribution in [0.2, 0.25) is 0 Å². The molecule has 0 saturated heterocycles. The molecule has 1 aromatic carbocycles. The maximum absolute atomic E-state index is 12.1. The Morgan fingerprint density at radius 1 is 1.17 bits per heavy atom. The van der Waals surface area contributed by atoms with Crippen LogP contribution >= 0.6 is 0 Å². The first-order valence-electron chi connectivity index (χ1n) is 7.78. The van der Waals surface area contributed by atoms with Crippen LogP contribution in [0.4, 0.5) is 10.5 Å². The van der Waals surface area contributed by atoms with Gasteiger partial charge in [-0.15, -0.1) is 0 Å². The number of nitrogens with one attached hydrogen (secondary N) is 2. The summed E-state index contributed by atoms with van der Waals surface area (Å²) < 4.78 is 23.7. The summed E-state index contributed by atoms with van der Waals surface area (Å²) in [5.41, 5.74) is 1.02. The molecule has 0 heterocycles. The predicted molar refractivity (Wildman–Crippen MR) is 89.8 cm³/mol. The van der Waals surface area contributed by atoms with E-state index in [1.165, 1.54) is 6.07 Å². The number of benzene rings is 1. The summed E-state index contributed by atoms with van der Waals surface area (Å²) in [6.07, 6.45) is 3.34. The smallest absolute Gasteiger partial charge is 0.319 e. The van der Waals surface area contributed by atoms with Gasteiger partial charge in [-0.3, -0.25) is 4.79 Å². The van der Waals surface area contributed by atoms with Crippen molar-refractivity contribution < 1.29 is 23.1 Å². The van der Waals surface area contributed by atoms with Crippen LogP contribution in [0.5, 0.6) is 0 Å². The molecule has 0 aliphatic heterocycles. The molecule has 7 nitrogen and oxygen atoms in total. The molecule has 8 heteroatoms. The molecule has 1 saturated carbocycles. The van der Waals surface area contributed by atoms with Gasteiger partial charge < -0.3 is 15.7 Å². The fourth-order valence-corrected chi connectivity index (χ4v) is 3.79.